The molecule has 1 atom stereocenters. The molecule has 186 valence electrons. The first-order chi connectivity index (χ1) is 17.0. The number of benzene rings is 2. The van der Waals surface area contributed by atoms with E-state index in [-0.39, 0.29) is 16.3 Å². The summed E-state index contributed by atoms with van der Waals surface area (Å²) in [6.45, 7) is 3.56. The van der Waals surface area contributed by atoms with Crippen LogP contribution in [0.3, 0.4) is 0 Å². The SMILES string of the molecule is Cc1ccc(C(=O)Nc2cccc([C@@H](C)Oc3cc(-c4cnn(C)c4)cnc3N)c2)cc1S(C)(=O)=O. The van der Waals surface area contributed by atoms with Gasteiger partial charge in [0.25, 0.3) is 5.91 Å². The molecule has 4 rings (SSSR count). The second-order valence-electron chi connectivity index (χ2n) is 8.60. The number of hydrogen-bond donors (Lipinski definition) is 2. The average molecular weight is 506 g/mol. The van der Waals surface area contributed by atoms with Crippen LogP contribution in [0.5, 0.6) is 5.75 Å². The number of anilines is 2. The zero-order valence-electron chi connectivity index (χ0n) is 20.4. The monoisotopic (exact) mass is 505 g/mol. The Morgan fingerprint density at radius 1 is 1.11 bits per heavy atom. The van der Waals surface area contributed by atoms with E-state index in [0.29, 0.717) is 17.0 Å². The summed E-state index contributed by atoms with van der Waals surface area (Å²) in [7, 11) is -1.61. The van der Waals surface area contributed by atoms with Gasteiger partial charge in [-0.05, 0) is 55.3 Å². The molecule has 4 aromatic rings. The average Bonchev–Trinajstić information content (AvgIpc) is 3.26. The molecule has 0 aliphatic rings. The van der Waals surface area contributed by atoms with Crippen molar-refractivity contribution >= 4 is 27.2 Å². The van der Waals surface area contributed by atoms with Crippen molar-refractivity contribution in [1.29, 1.82) is 0 Å². The number of nitrogens with two attached hydrogens (primary N) is 1. The van der Waals surface area contributed by atoms with Gasteiger partial charge in [0.05, 0.1) is 11.1 Å². The van der Waals surface area contributed by atoms with Crippen LogP contribution in [0.2, 0.25) is 0 Å². The van der Waals surface area contributed by atoms with Crippen LogP contribution in [0, 0.1) is 6.92 Å². The minimum Gasteiger partial charge on any atom is -0.482 e. The molecule has 2 aromatic carbocycles. The Bertz CT molecular complexity index is 1550. The number of pyridine rings is 1. The van der Waals surface area contributed by atoms with E-state index in [9.17, 15) is 13.2 Å². The first-order valence-electron chi connectivity index (χ1n) is 11.1. The highest BCUT2D eigenvalue weighted by Gasteiger charge is 2.16. The van der Waals surface area contributed by atoms with Crippen LogP contribution in [-0.4, -0.2) is 35.3 Å². The van der Waals surface area contributed by atoms with Gasteiger partial charge in [0.1, 0.15) is 6.10 Å². The van der Waals surface area contributed by atoms with E-state index in [2.05, 4.69) is 15.4 Å². The molecule has 10 heteroatoms. The van der Waals surface area contributed by atoms with Crippen LogP contribution < -0.4 is 15.8 Å². The summed E-state index contributed by atoms with van der Waals surface area (Å²) in [6.07, 6.45) is 6.00. The third kappa shape index (κ3) is 5.55. The van der Waals surface area contributed by atoms with Gasteiger partial charge in [-0.1, -0.05) is 18.2 Å². The highest BCUT2D eigenvalue weighted by Crippen LogP contribution is 2.31. The number of hydrogen-bond acceptors (Lipinski definition) is 7. The maximum Gasteiger partial charge on any atom is 0.255 e. The van der Waals surface area contributed by atoms with Gasteiger partial charge in [0.2, 0.25) is 0 Å². The second kappa shape index (κ2) is 9.82. The fourth-order valence-corrected chi connectivity index (χ4v) is 4.74. The number of nitrogens with one attached hydrogen (secondary N) is 1. The second-order valence-corrected chi connectivity index (χ2v) is 10.6. The molecular formula is C26H27N5O4S. The van der Waals surface area contributed by atoms with E-state index in [1.54, 1.807) is 54.3 Å². The normalized spacial score (nSPS) is 12.2. The number of nitrogens with zero attached hydrogens (tertiary/aromatic N) is 3. The molecule has 0 aliphatic carbocycles. The van der Waals surface area contributed by atoms with Gasteiger partial charge in [0, 0.05) is 48.1 Å². The number of aryl methyl sites for hydroxylation is 2. The lowest BCUT2D eigenvalue weighted by molar-refractivity contribution is 0.102. The minimum absolute atomic E-state index is 0.130. The standard InChI is InChI=1S/C26H27N5O4S/c1-16-8-9-19(12-24(16)36(4,33)34)26(32)30-22-7-5-6-18(10-22)17(2)35-23-11-20(13-28-25(23)27)21-14-29-31(3)15-21/h5-15,17H,1-4H3,(H2,27,28)(H,30,32)/t17-/m1/s1. The molecule has 2 aromatic heterocycles. The Hall–Kier alpha value is -4.18. The Kier molecular flexibility index (Phi) is 6.80. The maximum atomic E-state index is 12.8. The molecule has 0 saturated carbocycles. The molecule has 0 saturated heterocycles. The molecule has 36 heavy (non-hydrogen) atoms. The quantitative estimate of drug-likeness (QED) is 0.386. The van der Waals surface area contributed by atoms with Gasteiger partial charge in [-0.3, -0.25) is 9.48 Å². The lowest BCUT2D eigenvalue weighted by Crippen LogP contribution is -2.14. The number of ether oxygens (including phenoxy) is 1. The summed E-state index contributed by atoms with van der Waals surface area (Å²) in [5.74, 6) is 0.287. The van der Waals surface area contributed by atoms with Crippen LogP contribution in [0.15, 0.2) is 72.0 Å². The molecule has 0 radical (unpaired) electrons. The summed E-state index contributed by atoms with van der Waals surface area (Å²) in [5.41, 5.74) is 9.96. The molecule has 0 fully saturated rings. The first-order valence-corrected chi connectivity index (χ1v) is 13.0. The molecule has 9 nitrogen and oxygen atoms in total. The predicted molar refractivity (Wildman–Crippen MR) is 139 cm³/mol. The molecule has 0 unspecified atom stereocenters. The van der Waals surface area contributed by atoms with Crippen LogP contribution in [0.4, 0.5) is 11.5 Å². The highest BCUT2D eigenvalue weighted by molar-refractivity contribution is 7.90. The number of aromatic nitrogens is 3. The third-order valence-corrected chi connectivity index (χ3v) is 6.93. The molecular weight excluding hydrogens is 478 g/mol. The lowest BCUT2D eigenvalue weighted by Gasteiger charge is -2.18. The Labute approximate surface area is 209 Å². The van der Waals surface area contributed by atoms with Gasteiger partial charge in [-0.25, -0.2) is 13.4 Å². The number of carbonyl (C=O) groups excluding carboxylic acids is 1. The summed E-state index contributed by atoms with van der Waals surface area (Å²) < 4.78 is 31.9. The van der Waals surface area contributed by atoms with Crippen molar-refractivity contribution in [2.75, 3.05) is 17.3 Å². The minimum atomic E-state index is -3.45. The Morgan fingerprint density at radius 2 is 1.89 bits per heavy atom. The highest BCUT2D eigenvalue weighted by atomic mass is 32.2. The van der Waals surface area contributed by atoms with Gasteiger partial charge in [-0.15, -0.1) is 0 Å². The number of sulfone groups is 1. The van der Waals surface area contributed by atoms with Crippen LogP contribution in [-0.2, 0) is 16.9 Å². The van der Waals surface area contributed by atoms with Crippen molar-refractivity contribution < 1.29 is 17.9 Å². The molecule has 0 bridgehead atoms. The van der Waals surface area contributed by atoms with Crippen LogP contribution in [0.25, 0.3) is 11.1 Å². The van der Waals surface area contributed by atoms with Gasteiger partial charge >= 0.3 is 0 Å². The van der Waals surface area contributed by atoms with Gasteiger partial charge in [-0.2, -0.15) is 5.10 Å². The van der Waals surface area contributed by atoms with E-state index >= 15 is 0 Å². The third-order valence-electron chi connectivity index (χ3n) is 5.69. The topological polar surface area (TPSA) is 129 Å². The zero-order valence-corrected chi connectivity index (χ0v) is 21.2. The molecule has 1 amide bonds. The van der Waals surface area contributed by atoms with Crippen molar-refractivity contribution in [3.8, 4) is 16.9 Å². The van der Waals surface area contributed by atoms with E-state index in [4.69, 9.17) is 10.5 Å². The van der Waals surface area contributed by atoms with E-state index in [1.165, 1.54) is 6.07 Å². The van der Waals surface area contributed by atoms with Gasteiger partial charge < -0.3 is 15.8 Å². The summed E-state index contributed by atoms with van der Waals surface area (Å²) >= 11 is 0. The van der Waals surface area contributed by atoms with Crippen molar-refractivity contribution in [2.24, 2.45) is 7.05 Å². The zero-order chi connectivity index (χ0) is 26.0. The lowest BCUT2D eigenvalue weighted by atomic mass is 10.1. The first kappa shape index (κ1) is 24.9. The molecule has 0 aliphatic heterocycles. The number of rotatable bonds is 7. The van der Waals surface area contributed by atoms with E-state index in [1.807, 2.05) is 32.3 Å². The van der Waals surface area contributed by atoms with Crippen molar-refractivity contribution in [3.05, 3.63) is 83.8 Å². The summed E-state index contributed by atoms with van der Waals surface area (Å²) in [6, 6.07) is 13.6. The largest absolute Gasteiger partial charge is 0.482 e. The van der Waals surface area contributed by atoms with Crippen molar-refractivity contribution in [2.45, 2.75) is 24.8 Å². The molecule has 2 heterocycles. The fraction of sp³-hybridized carbons (Fsp3) is 0.192. The predicted octanol–water partition coefficient (Wildman–Crippen LogP) is 4.17. The fourth-order valence-electron chi connectivity index (χ4n) is 3.75. The summed E-state index contributed by atoms with van der Waals surface area (Å²) in [4.78, 5) is 17.2. The van der Waals surface area contributed by atoms with Crippen LogP contribution >= 0.6 is 0 Å². The van der Waals surface area contributed by atoms with Crippen molar-refractivity contribution in [1.82, 2.24) is 14.8 Å². The molecule has 0 spiro atoms. The number of amides is 1. The Morgan fingerprint density at radius 3 is 2.58 bits per heavy atom. The van der Waals surface area contributed by atoms with Crippen molar-refractivity contribution in [3.63, 3.8) is 0 Å². The summed E-state index contributed by atoms with van der Waals surface area (Å²) in [5, 5.41) is 7.01. The number of carbonyl (C=O) groups is 1. The van der Waals surface area contributed by atoms with E-state index < -0.39 is 21.8 Å². The van der Waals surface area contributed by atoms with Gasteiger partial charge in [0.15, 0.2) is 21.4 Å². The van der Waals surface area contributed by atoms with E-state index in [0.717, 1.165) is 22.9 Å². The van der Waals surface area contributed by atoms with Crippen LogP contribution in [0.1, 0.15) is 34.5 Å². The molecule has 3 N–H and O–H groups in total. The smallest absolute Gasteiger partial charge is 0.255 e. The maximum absolute atomic E-state index is 12.8. The Balaban J connectivity index is 1.52. The number of nitrogen functional groups attached to an aromatic ring is 1.